The minimum atomic E-state index is -5.12. The molecule has 0 spiro atoms. The van der Waals surface area contributed by atoms with Gasteiger partial charge in [0, 0.05) is 24.7 Å². The van der Waals surface area contributed by atoms with E-state index < -0.39 is 81.6 Å². The maximum atomic E-state index is 14.4. The van der Waals surface area contributed by atoms with E-state index in [9.17, 15) is 36.9 Å². The van der Waals surface area contributed by atoms with E-state index in [1.165, 1.54) is 19.2 Å². The number of ether oxygens (including phenoxy) is 4. The van der Waals surface area contributed by atoms with E-state index >= 15 is 0 Å². The topological polar surface area (TPSA) is 268 Å². The summed E-state index contributed by atoms with van der Waals surface area (Å²) in [7, 11) is -5.12. The van der Waals surface area contributed by atoms with Crippen molar-refractivity contribution >= 4 is 68.2 Å². The number of β-lactam (4-membered cyclic amide) rings is 1. The van der Waals surface area contributed by atoms with E-state index in [0.29, 0.717) is 41.3 Å². The summed E-state index contributed by atoms with van der Waals surface area (Å²) < 4.78 is 61.5. The maximum Gasteiger partial charge on any atom is 0.418 e. The van der Waals surface area contributed by atoms with Crippen molar-refractivity contribution in [1.82, 2.24) is 29.6 Å². The van der Waals surface area contributed by atoms with Gasteiger partial charge in [-0.1, -0.05) is 65.8 Å². The van der Waals surface area contributed by atoms with Crippen molar-refractivity contribution in [3.05, 3.63) is 113 Å². The van der Waals surface area contributed by atoms with Gasteiger partial charge in [-0.3, -0.25) is 19.5 Å². The summed E-state index contributed by atoms with van der Waals surface area (Å²) in [5.41, 5.74) is -1.11. The molecule has 0 bridgehead atoms. The Balaban J connectivity index is 1.16. The van der Waals surface area contributed by atoms with Crippen LogP contribution in [0.4, 0.5) is 14.7 Å². The van der Waals surface area contributed by atoms with Gasteiger partial charge in [0.15, 0.2) is 16.9 Å². The Morgan fingerprint density at radius 2 is 1.54 bits per heavy atom. The highest BCUT2D eigenvalue weighted by Gasteiger charge is 2.58. The number of thiazole rings is 1. The van der Waals surface area contributed by atoms with Crippen LogP contribution in [0.5, 0.6) is 5.75 Å². The molecule has 2 aliphatic rings. The van der Waals surface area contributed by atoms with Gasteiger partial charge >= 0.3 is 28.6 Å². The van der Waals surface area contributed by atoms with E-state index in [0.717, 1.165) is 17.0 Å². The zero-order valence-electron chi connectivity index (χ0n) is 40.1. The second-order valence-electron chi connectivity index (χ2n) is 19.2. The Kier molecular flexibility index (Phi) is 15.0. The lowest BCUT2D eigenvalue weighted by Gasteiger charge is -2.50. The highest BCUT2D eigenvalue weighted by molar-refractivity contribution is 7.80. The van der Waals surface area contributed by atoms with E-state index in [-0.39, 0.29) is 28.6 Å². The average Bonchev–Trinajstić information content (AvgIpc) is 3.91. The normalized spacial score (nSPS) is 16.7. The van der Waals surface area contributed by atoms with Crippen molar-refractivity contribution in [1.29, 1.82) is 0 Å². The minimum absolute atomic E-state index is 0.0242. The number of likely N-dealkylation sites (tertiary alicyclic amines) is 1. The number of hydrogen-bond acceptors (Lipinski definition) is 17. The number of hydrogen-bond donors (Lipinski definition) is 3. The number of nitrogens with zero attached hydrogens (tertiary/aromatic N) is 6. The molecular weight excluding hydrogens is 965 g/mol. The first-order chi connectivity index (χ1) is 33.3. The van der Waals surface area contributed by atoms with E-state index in [4.69, 9.17) is 28.8 Å². The number of oxime groups is 1. The molecule has 2 unspecified atom stereocenters. The molecule has 378 valence electrons. The van der Waals surface area contributed by atoms with E-state index in [1.54, 1.807) is 96.9 Å². The average molecular weight is 1020 g/mol. The number of imidazole rings is 1. The molecule has 2 saturated heterocycles. The first-order valence-corrected chi connectivity index (χ1v) is 24.5. The molecule has 71 heavy (non-hydrogen) atoms. The van der Waals surface area contributed by atoms with Crippen molar-refractivity contribution in [2.45, 2.75) is 96.8 Å². The van der Waals surface area contributed by atoms with Crippen molar-refractivity contribution < 1.29 is 65.0 Å². The molecule has 3 aromatic heterocycles. The Morgan fingerprint density at radius 1 is 0.901 bits per heavy atom. The van der Waals surface area contributed by atoms with Gasteiger partial charge < -0.3 is 38.4 Å². The predicted molar refractivity (Wildman–Crippen MR) is 255 cm³/mol. The molecule has 0 radical (unpaired) electrons. The van der Waals surface area contributed by atoms with E-state index in [2.05, 4.69) is 25.1 Å². The minimum Gasteiger partial charge on any atom is -0.487 e. The maximum absolute atomic E-state index is 14.4. The number of aromatic nitrogens is 3. The molecule has 2 aromatic carbocycles. The molecule has 5 heterocycles. The molecule has 7 rings (SSSR count). The Bertz CT molecular complexity index is 2870. The van der Waals surface area contributed by atoms with Gasteiger partial charge in [-0.2, -0.15) is 13.5 Å². The van der Waals surface area contributed by atoms with Crippen LogP contribution in [0.3, 0.4) is 0 Å². The standard InChI is InChI=1S/C47H54N8O14S2/c1-45(2,3)66-43(59)51-42-49-33(27-70-42)36(39(56)50-38-40(57)55(47(38,7)8)69-71(61,62)63)52-68-34(41(58)65-37(29-15-11-9-12-16-29)30-17-13-10-14-18-30)26-64-32-19-20-35-48-31(24-53(35)25-32)21-28-22-54(23-28)44(60)67-46(4,5)6/h9-20,24-25,27-28,34,37-38H,21-23,26H2,1-8H3,(H,50,56)(H,49,51,59)(H,61,62,63)/b52-36-. The smallest absolute Gasteiger partial charge is 0.418 e. The molecule has 24 heteroatoms. The molecule has 2 aliphatic heterocycles. The largest absolute Gasteiger partial charge is 0.487 e. The molecule has 0 aliphatic carbocycles. The first-order valence-electron chi connectivity index (χ1n) is 22.2. The summed E-state index contributed by atoms with van der Waals surface area (Å²) in [6, 6.07) is 19.8. The Labute approximate surface area is 413 Å². The van der Waals surface area contributed by atoms with Crippen molar-refractivity contribution in [3.63, 3.8) is 0 Å². The van der Waals surface area contributed by atoms with E-state index in [1.807, 2.05) is 39.1 Å². The number of rotatable bonds is 17. The number of carbonyl (C=O) groups excluding carboxylic acids is 5. The summed E-state index contributed by atoms with van der Waals surface area (Å²) in [6.45, 7) is 13.7. The highest BCUT2D eigenvalue weighted by atomic mass is 32.3. The summed E-state index contributed by atoms with van der Waals surface area (Å²) in [6.07, 6.45) is 0.266. The fraction of sp³-hybridized carbons (Fsp3) is 0.404. The zero-order valence-corrected chi connectivity index (χ0v) is 41.7. The third-order valence-electron chi connectivity index (χ3n) is 10.6. The molecule has 2 atom stereocenters. The Morgan fingerprint density at radius 3 is 2.13 bits per heavy atom. The molecule has 4 amide bonds. The number of fused-ring (bicyclic) bond motifs is 1. The van der Waals surface area contributed by atoms with Crippen LogP contribution in [0, 0.1) is 5.92 Å². The van der Waals surface area contributed by atoms with Crippen LogP contribution in [0.2, 0.25) is 0 Å². The highest BCUT2D eigenvalue weighted by Crippen LogP contribution is 2.33. The lowest BCUT2D eigenvalue weighted by molar-refractivity contribution is -0.218. The van der Waals surface area contributed by atoms with Gasteiger partial charge in [-0.15, -0.1) is 15.6 Å². The van der Waals surface area contributed by atoms with Gasteiger partial charge in [-0.25, -0.2) is 24.4 Å². The quantitative estimate of drug-likeness (QED) is 0.0245. The van der Waals surface area contributed by atoms with Gasteiger partial charge in [0.05, 0.1) is 17.4 Å². The Hall–Kier alpha value is -7.15. The fourth-order valence-electron chi connectivity index (χ4n) is 7.34. The van der Waals surface area contributed by atoms with Crippen molar-refractivity contribution in [2.24, 2.45) is 11.1 Å². The lowest BCUT2D eigenvalue weighted by Crippen LogP contribution is -2.76. The number of nitrogens with one attached hydrogen (secondary N) is 2. The summed E-state index contributed by atoms with van der Waals surface area (Å²) in [5.74, 6) is -2.62. The lowest BCUT2D eigenvalue weighted by atomic mass is 9.84. The molecule has 3 N–H and O–H groups in total. The summed E-state index contributed by atoms with van der Waals surface area (Å²) >= 11 is 0.886. The van der Waals surface area contributed by atoms with Gasteiger partial charge in [-0.05, 0) is 91.0 Å². The van der Waals surface area contributed by atoms with Gasteiger partial charge in [0.25, 0.3) is 17.9 Å². The summed E-state index contributed by atoms with van der Waals surface area (Å²) in [5, 5.41) is 10.8. The third-order valence-corrected chi connectivity index (χ3v) is 11.7. The number of benzene rings is 2. The molecule has 2 fully saturated rings. The van der Waals surface area contributed by atoms with Crippen LogP contribution in [0.25, 0.3) is 5.65 Å². The number of hydroxylamine groups is 2. The van der Waals surface area contributed by atoms with Crippen LogP contribution in [-0.2, 0) is 54.5 Å². The third kappa shape index (κ3) is 13.4. The van der Waals surface area contributed by atoms with Gasteiger partial charge in [0.2, 0.25) is 0 Å². The van der Waals surface area contributed by atoms with Gasteiger partial charge in [0.1, 0.15) is 40.9 Å². The first kappa shape index (κ1) is 51.7. The van der Waals surface area contributed by atoms with Crippen LogP contribution < -0.4 is 15.4 Å². The van der Waals surface area contributed by atoms with Crippen molar-refractivity contribution in [2.75, 3.05) is 25.0 Å². The van der Waals surface area contributed by atoms with Crippen LogP contribution >= 0.6 is 11.3 Å². The van der Waals surface area contributed by atoms with Crippen LogP contribution in [0.1, 0.15) is 84.0 Å². The predicted octanol–water partition coefficient (Wildman–Crippen LogP) is 5.89. The zero-order chi connectivity index (χ0) is 51.5. The van der Waals surface area contributed by atoms with Crippen LogP contribution in [-0.4, -0.2) is 122 Å². The SMILES string of the molecule is CC(C)(C)OC(=O)Nc1nc(/C(=N/OC(COc2ccc3nc(CC4CN(C(=O)OC(C)(C)C)C4)cn3c2)C(=O)OC(c2ccccc2)c2ccccc2)C(=O)NC2C(=O)N(OS(=O)(=O)O)C2(C)C)cs1. The molecular formula is C47H54N8O14S2. The second-order valence-corrected chi connectivity index (χ2v) is 21.0. The second kappa shape index (κ2) is 20.7. The molecule has 22 nitrogen and oxygen atoms in total. The monoisotopic (exact) mass is 1020 g/mol. The number of carbonyl (C=O) groups is 5. The number of amides is 4. The number of esters is 1. The number of anilines is 1. The fourth-order valence-corrected chi connectivity index (χ4v) is 8.47. The van der Waals surface area contributed by atoms with Crippen LogP contribution in [0.15, 0.2) is 95.7 Å². The van der Waals surface area contributed by atoms with Crippen molar-refractivity contribution in [3.8, 4) is 5.75 Å². The summed E-state index contributed by atoms with van der Waals surface area (Å²) in [4.78, 5) is 83.4. The molecule has 0 saturated carbocycles. The number of pyridine rings is 1. The molecule has 5 aromatic rings.